The molecule has 1 atom stereocenters. The number of pyridine rings is 2. The molecule has 0 radical (unpaired) electrons. The molecule has 36 heavy (non-hydrogen) atoms. The van der Waals surface area contributed by atoms with E-state index in [1.54, 1.807) is 12.1 Å². The molecule has 1 aromatic carbocycles. The number of nitrogens with zero attached hydrogens (tertiary/aromatic N) is 4. The van der Waals surface area contributed by atoms with Crippen LogP contribution in [0.25, 0.3) is 0 Å². The summed E-state index contributed by atoms with van der Waals surface area (Å²) < 4.78 is 28.0. The van der Waals surface area contributed by atoms with Gasteiger partial charge in [0.1, 0.15) is 23.3 Å². The van der Waals surface area contributed by atoms with E-state index in [9.17, 15) is 18.4 Å². The normalized spacial score (nSPS) is 15.2. The van der Waals surface area contributed by atoms with Crippen LogP contribution in [0.5, 0.6) is 0 Å². The van der Waals surface area contributed by atoms with Crippen molar-refractivity contribution < 1.29 is 18.4 Å². The third kappa shape index (κ3) is 5.57. The summed E-state index contributed by atoms with van der Waals surface area (Å²) in [6, 6.07) is 8.74. The number of rotatable bonds is 8. The summed E-state index contributed by atoms with van der Waals surface area (Å²) in [5.74, 6) is -1.50. The van der Waals surface area contributed by atoms with E-state index < -0.39 is 17.5 Å². The van der Waals surface area contributed by atoms with Gasteiger partial charge in [-0.05, 0) is 44.8 Å². The standard InChI is InChI=1S/C25H27F2N7O2/c1-33(2)16-8-9-34(14-16)25(36)15-6-7-22(30-11-15)32-23-10-21(18(13-31-23)24(28)35)29-12-17-19(26)4-3-5-20(17)27/h3-7,10-11,13,16H,8-9,12,14H2,1-2H3,(H2,28,35)(H2,29,30,31,32)/t16-/m0/s1. The number of benzene rings is 1. The average Bonchev–Trinajstić information content (AvgIpc) is 3.35. The minimum absolute atomic E-state index is 0.0628. The molecule has 11 heteroatoms. The zero-order valence-corrected chi connectivity index (χ0v) is 20.0. The van der Waals surface area contributed by atoms with Crippen molar-refractivity contribution >= 4 is 29.1 Å². The van der Waals surface area contributed by atoms with Crippen molar-refractivity contribution in [2.45, 2.75) is 19.0 Å². The van der Waals surface area contributed by atoms with E-state index in [2.05, 4.69) is 25.5 Å². The molecule has 9 nitrogen and oxygen atoms in total. The lowest BCUT2D eigenvalue weighted by Crippen LogP contribution is -2.34. The quantitative estimate of drug-likeness (QED) is 0.440. The van der Waals surface area contributed by atoms with E-state index in [0.29, 0.717) is 36.3 Å². The highest BCUT2D eigenvalue weighted by molar-refractivity contribution is 5.98. The molecule has 1 fully saturated rings. The maximum Gasteiger partial charge on any atom is 0.255 e. The van der Waals surface area contributed by atoms with Crippen LogP contribution < -0.4 is 16.4 Å². The lowest BCUT2D eigenvalue weighted by atomic mass is 10.1. The molecule has 0 unspecified atom stereocenters. The van der Waals surface area contributed by atoms with Gasteiger partial charge in [0.2, 0.25) is 0 Å². The fourth-order valence-electron chi connectivity index (χ4n) is 4.01. The van der Waals surface area contributed by atoms with E-state index in [1.165, 1.54) is 24.5 Å². The summed E-state index contributed by atoms with van der Waals surface area (Å²) in [6.45, 7) is 1.17. The number of hydrogen-bond acceptors (Lipinski definition) is 7. The molecular weight excluding hydrogens is 468 g/mol. The minimum Gasteiger partial charge on any atom is -0.380 e. The van der Waals surface area contributed by atoms with Crippen molar-refractivity contribution in [1.29, 1.82) is 0 Å². The topological polar surface area (TPSA) is 116 Å². The molecule has 1 aliphatic rings. The number of hydrogen-bond donors (Lipinski definition) is 3. The smallest absolute Gasteiger partial charge is 0.255 e. The van der Waals surface area contributed by atoms with Crippen LogP contribution in [0.15, 0.2) is 48.8 Å². The van der Waals surface area contributed by atoms with Crippen molar-refractivity contribution in [3.8, 4) is 0 Å². The Morgan fingerprint density at radius 3 is 2.44 bits per heavy atom. The van der Waals surface area contributed by atoms with E-state index in [1.807, 2.05) is 19.0 Å². The molecule has 4 rings (SSSR count). The van der Waals surface area contributed by atoms with Gasteiger partial charge in [0.25, 0.3) is 11.8 Å². The molecule has 0 aliphatic carbocycles. The number of carbonyl (C=O) groups excluding carboxylic acids is 2. The van der Waals surface area contributed by atoms with Gasteiger partial charge in [-0.25, -0.2) is 18.7 Å². The van der Waals surface area contributed by atoms with Crippen LogP contribution >= 0.6 is 0 Å². The third-order valence-corrected chi connectivity index (χ3v) is 6.13. The first-order chi connectivity index (χ1) is 17.2. The predicted octanol–water partition coefficient (Wildman–Crippen LogP) is 2.99. The minimum atomic E-state index is -0.745. The Hall–Kier alpha value is -4.12. The van der Waals surface area contributed by atoms with E-state index in [0.717, 1.165) is 18.6 Å². The van der Waals surface area contributed by atoms with Crippen molar-refractivity contribution in [2.24, 2.45) is 5.73 Å². The summed E-state index contributed by atoms with van der Waals surface area (Å²) in [5, 5.41) is 5.85. The Bertz CT molecular complexity index is 1250. The summed E-state index contributed by atoms with van der Waals surface area (Å²) in [5.41, 5.74) is 6.05. The highest BCUT2D eigenvalue weighted by Crippen LogP contribution is 2.23. The molecule has 3 aromatic rings. The highest BCUT2D eigenvalue weighted by Gasteiger charge is 2.28. The first kappa shape index (κ1) is 25.0. The molecule has 0 saturated carbocycles. The second kappa shape index (κ2) is 10.6. The maximum atomic E-state index is 14.0. The molecule has 0 spiro atoms. The van der Waals surface area contributed by atoms with E-state index >= 15 is 0 Å². The third-order valence-electron chi connectivity index (χ3n) is 6.13. The Balaban J connectivity index is 1.46. The van der Waals surface area contributed by atoms with Gasteiger partial charge in [-0.1, -0.05) is 6.07 Å². The van der Waals surface area contributed by atoms with E-state index in [4.69, 9.17) is 5.73 Å². The van der Waals surface area contributed by atoms with Gasteiger partial charge >= 0.3 is 0 Å². The number of likely N-dealkylation sites (N-methyl/N-ethyl adjacent to an activating group) is 1. The van der Waals surface area contributed by atoms with Crippen LogP contribution in [0.3, 0.4) is 0 Å². The summed E-state index contributed by atoms with van der Waals surface area (Å²) in [7, 11) is 4.01. The lowest BCUT2D eigenvalue weighted by molar-refractivity contribution is 0.0782. The predicted molar refractivity (Wildman–Crippen MR) is 132 cm³/mol. The number of primary amides is 1. The number of likely N-dealkylation sites (tertiary alicyclic amines) is 1. The second-order valence-corrected chi connectivity index (χ2v) is 8.75. The van der Waals surface area contributed by atoms with Crippen molar-refractivity contribution in [1.82, 2.24) is 19.8 Å². The van der Waals surface area contributed by atoms with Gasteiger partial charge in [0.05, 0.1) is 16.8 Å². The van der Waals surface area contributed by atoms with Crippen LogP contribution in [-0.2, 0) is 6.54 Å². The van der Waals surface area contributed by atoms with Gasteiger partial charge in [0.15, 0.2) is 0 Å². The lowest BCUT2D eigenvalue weighted by Gasteiger charge is -2.20. The Kier molecular flexibility index (Phi) is 7.39. The van der Waals surface area contributed by atoms with Gasteiger partial charge in [-0.15, -0.1) is 0 Å². The molecule has 0 bridgehead atoms. The number of nitrogens with two attached hydrogens (primary N) is 1. The van der Waals surface area contributed by atoms with Crippen LogP contribution in [0.1, 0.15) is 32.7 Å². The Labute approximate surface area is 207 Å². The summed E-state index contributed by atoms with van der Waals surface area (Å²) >= 11 is 0. The summed E-state index contributed by atoms with van der Waals surface area (Å²) in [6.07, 6.45) is 3.68. The first-order valence-electron chi connectivity index (χ1n) is 11.4. The molecule has 2 amide bonds. The maximum absolute atomic E-state index is 14.0. The highest BCUT2D eigenvalue weighted by atomic mass is 19.1. The number of anilines is 3. The Morgan fingerprint density at radius 2 is 1.83 bits per heavy atom. The fraction of sp³-hybridized carbons (Fsp3) is 0.280. The fourth-order valence-corrected chi connectivity index (χ4v) is 4.01. The summed E-state index contributed by atoms with van der Waals surface area (Å²) in [4.78, 5) is 37.0. The average molecular weight is 496 g/mol. The van der Waals surface area contributed by atoms with Crippen LogP contribution in [-0.4, -0.2) is 64.8 Å². The van der Waals surface area contributed by atoms with Crippen LogP contribution in [0.2, 0.25) is 0 Å². The van der Waals surface area contributed by atoms with Crippen molar-refractivity contribution in [3.05, 3.63) is 77.1 Å². The second-order valence-electron chi connectivity index (χ2n) is 8.75. The largest absolute Gasteiger partial charge is 0.380 e. The SMILES string of the molecule is CN(C)[C@H]1CCN(C(=O)c2ccc(Nc3cc(NCc4c(F)cccc4F)c(C(N)=O)cn3)nc2)C1. The molecular formula is C25H27F2N7O2. The van der Waals surface area contributed by atoms with Gasteiger partial charge in [-0.3, -0.25) is 9.59 Å². The van der Waals surface area contributed by atoms with Crippen molar-refractivity contribution in [3.63, 3.8) is 0 Å². The van der Waals surface area contributed by atoms with Gasteiger partial charge in [-0.2, -0.15) is 0 Å². The van der Waals surface area contributed by atoms with Gasteiger partial charge < -0.3 is 26.2 Å². The number of nitrogens with one attached hydrogen (secondary N) is 2. The zero-order chi connectivity index (χ0) is 25.8. The molecule has 3 heterocycles. The number of aromatic nitrogens is 2. The molecule has 1 aliphatic heterocycles. The first-order valence-corrected chi connectivity index (χ1v) is 11.4. The Morgan fingerprint density at radius 1 is 1.11 bits per heavy atom. The molecule has 4 N–H and O–H groups in total. The molecule has 2 aromatic heterocycles. The zero-order valence-electron chi connectivity index (χ0n) is 20.0. The molecule has 188 valence electrons. The number of carbonyl (C=O) groups is 2. The monoisotopic (exact) mass is 495 g/mol. The van der Waals surface area contributed by atoms with Gasteiger partial charge in [0, 0.05) is 49.7 Å². The molecule has 1 saturated heterocycles. The van der Waals surface area contributed by atoms with E-state index in [-0.39, 0.29) is 29.3 Å². The van der Waals surface area contributed by atoms with Crippen LogP contribution in [0, 0.1) is 11.6 Å². The number of halogens is 2. The number of amides is 2. The van der Waals surface area contributed by atoms with Crippen molar-refractivity contribution in [2.75, 3.05) is 37.8 Å². The van der Waals surface area contributed by atoms with Crippen LogP contribution in [0.4, 0.5) is 26.1 Å².